The Morgan fingerprint density at radius 1 is 1.03 bits per heavy atom. The number of carbonyl (C=O) groups is 1. The van der Waals surface area contributed by atoms with Gasteiger partial charge in [0.15, 0.2) is 0 Å². The molecule has 148 valence electrons. The molecule has 1 N–H and O–H groups in total. The van der Waals surface area contributed by atoms with Gasteiger partial charge in [-0.3, -0.25) is 4.79 Å². The highest BCUT2D eigenvalue weighted by Gasteiger charge is 2.11. The van der Waals surface area contributed by atoms with Crippen LogP contribution in [0.1, 0.15) is 28.4 Å². The summed E-state index contributed by atoms with van der Waals surface area (Å²) in [5, 5.41) is 4.07. The molecule has 0 atom stereocenters. The summed E-state index contributed by atoms with van der Waals surface area (Å²) in [5.41, 5.74) is 4.80. The molecule has 0 bridgehead atoms. The van der Waals surface area contributed by atoms with Gasteiger partial charge >= 0.3 is 0 Å². The zero-order valence-electron chi connectivity index (χ0n) is 16.0. The second-order valence-electron chi connectivity index (χ2n) is 6.09. The first-order valence-corrected chi connectivity index (χ1v) is 9.98. The van der Waals surface area contributed by atoms with Gasteiger partial charge in [0, 0.05) is 10.0 Å². The van der Waals surface area contributed by atoms with Crippen LogP contribution in [0.3, 0.4) is 0 Å². The minimum Gasteiger partial charge on any atom is -0.494 e. The van der Waals surface area contributed by atoms with Crippen LogP contribution >= 0.6 is 15.9 Å². The second kappa shape index (κ2) is 10.4. The number of nitrogens with one attached hydrogen (secondary N) is 1. The molecule has 6 heteroatoms. The number of rotatable bonds is 8. The minimum atomic E-state index is -0.345. The Kier molecular flexibility index (Phi) is 7.41. The van der Waals surface area contributed by atoms with Crippen LogP contribution in [0, 0.1) is 0 Å². The van der Waals surface area contributed by atoms with Crippen LogP contribution in [-0.4, -0.2) is 18.7 Å². The molecule has 0 aromatic heterocycles. The standard InChI is InChI=1S/C23H21BrN2O3/c1-2-28-19-12-13-21(24)18(14-19)15-25-26-23(27)20-10-6-7-11-22(20)29-16-17-8-4-3-5-9-17/h3-15H,2,16H2,1H3,(H,26,27)/b25-15+. The summed E-state index contributed by atoms with van der Waals surface area (Å²) in [6.07, 6.45) is 1.57. The molecule has 1 amide bonds. The summed E-state index contributed by atoms with van der Waals surface area (Å²) in [7, 11) is 0. The van der Waals surface area contributed by atoms with Gasteiger partial charge in [-0.2, -0.15) is 5.10 Å². The van der Waals surface area contributed by atoms with Gasteiger partial charge in [-0.15, -0.1) is 0 Å². The van der Waals surface area contributed by atoms with Crippen LogP contribution < -0.4 is 14.9 Å². The van der Waals surface area contributed by atoms with Crippen molar-refractivity contribution in [1.29, 1.82) is 0 Å². The molecule has 29 heavy (non-hydrogen) atoms. The fraction of sp³-hybridized carbons (Fsp3) is 0.130. The lowest BCUT2D eigenvalue weighted by Crippen LogP contribution is -2.18. The predicted octanol–water partition coefficient (Wildman–Crippen LogP) is 5.19. The molecule has 0 heterocycles. The molecule has 0 fully saturated rings. The van der Waals surface area contributed by atoms with E-state index in [1.807, 2.05) is 61.5 Å². The first kappa shape index (κ1) is 20.6. The smallest absolute Gasteiger partial charge is 0.275 e. The number of hydrogen-bond acceptors (Lipinski definition) is 4. The van der Waals surface area contributed by atoms with Gasteiger partial charge in [-0.25, -0.2) is 5.43 Å². The van der Waals surface area contributed by atoms with Gasteiger partial charge in [-0.05, 0) is 42.8 Å². The third-order valence-electron chi connectivity index (χ3n) is 4.02. The maximum Gasteiger partial charge on any atom is 0.275 e. The van der Waals surface area contributed by atoms with Crippen molar-refractivity contribution in [1.82, 2.24) is 5.43 Å². The van der Waals surface area contributed by atoms with Crippen molar-refractivity contribution in [2.75, 3.05) is 6.61 Å². The monoisotopic (exact) mass is 452 g/mol. The van der Waals surface area contributed by atoms with E-state index >= 15 is 0 Å². The largest absolute Gasteiger partial charge is 0.494 e. The van der Waals surface area contributed by atoms with Crippen molar-refractivity contribution in [3.63, 3.8) is 0 Å². The lowest BCUT2D eigenvalue weighted by Gasteiger charge is -2.10. The van der Waals surface area contributed by atoms with E-state index in [0.29, 0.717) is 24.5 Å². The Labute approximate surface area is 178 Å². The molecular weight excluding hydrogens is 432 g/mol. The first-order chi connectivity index (χ1) is 14.2. The zero-order chi connectivity index (χ0) is 20.5. The third kappa shape index (κ3) is 5.93. The Morgan fingerprint density at radius 3 is 2.59 bits per heavy atom. The van der Waals surface area contributed by atoms with Crippen LogP contribution in [0.5, 0.6) is 11.5 Å². The molecule has 0 saturated heterocycles. The van der Waals surface area contributed by atoms with Crippen molar-refractivity contribution < 1.29 is 14.3 Å². The van der Waals surface area contributed by atoms with Crippen LogP contribution in [0.2, 0.25) is 0 Å². The van der Waals surface area contributed by atoms with Crippen LogP contribution in [0.4, 0.5) is 0 Å². The number of nitrogens with zero attached hydrogens (tertiary/aromatic N) is 1. The average molecular weight is 453 g/mol. The van der Waals surface area contributed by atoms with E-state index in [0.717, 1.165) is 21.3 Å². The second-order valence-corrected chi connectivity index (χ2v) is 6.94. The highest BCUT2D eigenvalue weighted by molar-refractivity contribution is 9.10. The average Bonchev–Trinajstić information content (AvgIpc) is 2.75. The number of hydrogen-bond donors (Lipinski definition) is 1. The van der Waals surface area contributed by atoms with Gasteiger partial charge in [0.1, 0.15) is 18.1 Å². The Balaban J connectivity index is 1.67. The maximum atomic E-state index is 12.6. The molecule has 3 aromatic rings. The Bertz CT molecular complexity index is 990. The number of hydrazone groups is 1. The summed E-state index contributed by atoms with van der Waals surface area (Å²) < 4.78 is 12.2. The molecule has 0 aliphatic carbocycles. The van der Waals surface area contributed by atoms with E-state index in [1.54, 1.807) is 24.4 Å². The van der Waals surface area contributed by atoms with Gasteiger partial charge < -0.3 is 9.47 Å². The molecule has 0 saturated carbocycles. The molecule has 0 spiro atoms. The third-order valence-corrected chi connectivity index (χ3v) is 4.74. The van der Waals surface area contributed by atoms with Crippen molar-refractivity contribution in [2.24, 2.45) is 5.10 Å². The lowest BCUT2D eigenvalue weighted by atomic mass is 10.2. The molecule has 5 nitrogen and oxygen atoms in total. The van der Waals surface area contributed by atoms with E-state index in [1.165, 1.54) is 0 Å². The van der Waals surface area contributed by atoms with Crippen LogP contribution in [0.15, 0.2) is 82.4 Å². The molecule has 0 radical (unpaired) electrons. The van der Waals surface area contributed by atoms with E-state index in [9.17, 15) is 4.79 Å². The van der Waals surface area contributed by atoms with Gasteiger partial charge in [0.05, 0.1) is 18.4 Å². The SMILES string of the molecule is CCOc1ccc(Br)c(/C=N/NC(=O)c2ccccc2OCc2ccccc2)c1. The molecule has 0 aliphatic rings. The topological polar surface area (TPSA) is 59.9 Å². The first-order valence-electron chi connectivity index (χ1n) is 9.19. The van der Waals surface area contributed by atoms with Gasteiger partial charge in [-0.1, -0.05) is 58.4 Å². The molecule has 3 aromatic carbocycles. The van der Waals surface area contributed by atoms with Crippen LogP contribution in [0.25, 0.3) is 0 Å². The zero-order valence-corrected chi connectivity index (χ0v) is 17.6. The number of halogens is 1. The highest BCUT2D eigenvalue weighted by Crippen LogP contribution is 2.22. The minimum absolute atomic E-state index is 0.345. The molecule has 3 rings (SSSR count). The van der Waals surface area contributed by atoms with Gasteiger partial charge in [0.2, 0.25) is 0 Å². The number of para-hydroxylation sites is 1. The number of ether oxygens (including phenoxy) is 2. The van der Waals surface area contributed by atoms with E-state index in [2.05, 4.69) is 26.5 Å². The molecule has 0 aliphatic heterocycles. The maximum absolute atomic E-state index is 12.6. The quantitative estimate of drug-likeness (QED) is 0.377. The van der Waals surface area contributed by atoms with Crippen molar-refractivity contribution >= 4 is 28.1 Å². The highest BCUT2D eigenvalue weighted by atomic mass is 79.9. The number of amides is 1. The summed E-state index contributed by atoms with van der Waals surface area (Å²) in [4.78, 5) is 12.6. The molecule has 0 unspecified atom stereocenters. The lowest BCUT2D eigenvalue weighted by molar-refractivity contribution is 0.0950. The Morgan fingerprint density at radius 2 is 1.79 bits per heavy atom. The summed E-state index contributed by atoms with van der Waals surface area (Å²) >= 11 is 3.47. The number of carbonyl (C=O) groups excluding carboxylic acids is 1. The molecular formula is C23H21BrN2O3. The summed E-state index contributed by atoms with van der Waals surface area (Å²) in [6, 6.07) is 22.5. The van der Waals surface area contributed by atoms with E-state index < -0.39 is 0 Å². The van der Waals surface area contributed by atoms with Crippen molar-refractivity contribution in [2.45, 2.75) is 13.5 Å². The number of benzene rings is 3. The van der Waals surface area contributed by atoms with E-state index in [-0.39, 0.29) is 5.91 Å². The normalized spacial score (nSPS) is 10.7. The summed E-state index contributed by atoms with van der Waals surface area (Å²) in [5.74, 6) is 0.897. The Hall–Kier alpha value is -3.12. The van der Waals surface area contributed by atoms with E-state index in [4.69, 9.17) is 9.47 Å². The van der Waals surface area contributed by atoms with Crippen molar-refractivity contribution in [3.8, 4) is 11.5 Å². The van der Waals surface area contributed by atoms with Gasteiger partial charge in [0.25, 0.3) is 5.91 Å². The fourth-order valence-electron chi connectivity index (χ4n) is 2.61. The predicted molar refractivity (Wildman–Crippen MR) is 118 cm³/mol. The van der Waals surface area contributed by atoms with Crippen molar-refractivity contribution in [3.05, 3.63) is 94.0 Å². The fourth-order valence-corrected chi connectivity index (χ4v) is 2.96. The van der Waals surface area contributed by atoms with Crippen LogP contribution in [-0.2, 0) is 6.61 Å². The summed E-state index contributed by atoms with van der Waals surface area (Å²) in [6.45, 7) is 2.88.